The molecule has 0 aliphatic carbocycles. The lowest BCUT2D eigenvalue weighted by Crippen LogP contribution is -2.11. The van der Waals surface area contributed by atoms with Crippen molar-refractivity contribution in [2.24, 2.45) is 11.5 Å². The Morgan fingerprint density at radius 2 is 1.50 bits per heavy atom. The Morgan fingerprint density at radius 1 is 0.909 bits per heavy atom. The molecule has 0 saturated carbocycles. The smallest absolute Gasteiger partial charge is 0.126 e. The second-order valence-corrected chi connectivity index (χ2v) is 4.74. The third kappa shape index (κ3) is 3.52. The molecular weight excluding hydrogens is 276 g/mol. The van der Waals surface area contributed by atoms with E-state index >= 15 is 0 Å². The van der Waals surface area contributed by atoms with E-state index in [1.165, 1.54) is 0 Å². The van der Waals surface area contributed by atoms with Gasteiger partial charge >= 0.3 is 0 Å². The van der Waals surface area contributed by atoms with E-state index < -0.39 is 0 Å². The molecule has 0 fully saturated rings. The molecule has 0 spiro atoms. The largest absolute Gasteiger partial charge is 0.496 e. The van der Waals surface area contributed by atoms with E-state index in [1.54, 1.807) is 31.4 Å². The Morgan fingerprint density at radius 3 is 2.05 bits per heavy atom. The highest BCUT2D eigenvalue weighted by Crippen LogP contribution is 2.22. The number of ether oxygens (including phenoxy) is 1. The summed E-state index contributed by atoms with van der Waals surface area (Å²) in [5, 5.41) is 14.8. The van der Waals surface area contributed by atoms with Crippen LogP contribution in [0.2, 0.25) is 0 Å². The van der Waals surface area contributed by atoms with Crippen molar-refractivity contribution < 1.29 is 4.74 Å². The molecule has 0 unspecified atom stereocenters. The van der Waals surface area contributed by atoms with E-state index in [0.29, 0.717) is 16.9 Å². The first-order chi connectivity index (χ1) is 10.5. The molecule has 0 heterocycles. The zero-order chi connectivity index (χ0) is 16.1. The fraction of sp³-hybridized carbons (Fsp3) is 0.0588. The van der Waals surface area contributed by atoms with E-state index in [9.17, 15) is 0 Å². The molecule has 0 amide bonds. The lowest BCUT2D eigenvalue weighted by molar-refractivity contribution is 0.414. The predicted octanol–water partition coefficient (Wildman–Crippen LogP) is 2.43. The fourth-order valence-electron chi connectivity index (χ4n) is 1.98. The summed E-state index contributed by atoms with van der Waals surface area (Å²) < 4.78 is 5.33. The van der Waals surface area contributed by atoms with Crippen LogP contribution in [-0.2, 0) is 0 Å². The van der Waals surface area contributed by atoms with Crippen molar-refractivity contribution in [3.8, 4) is 5.75 Å². The van der Waals surface area contributed by atoms with Gasteiger partial charge in [0.2, 0.25) is 0 Å². The fourth-order valence-corrected chi connectivity index (χ4v) is 1.98. The molecule has 0 bridgehead atoms. The maximum atomic E-state index is 7.45. The van der Waals surface area contributed by atoms with Crippen molar-refractivity contribution in [2.75, 3.05) is 7.11 Å². The number of nitrogens with two attached hydrogens (primary N) is 2. The van der Waals surface area contributed by atoms with Crippen LogP contribution >= 0.6 is 0 Å². The number of hydrogen-bond acceptors (Lipinski definition) is 3. The highest BCUT2D eigenvalue weighted by atomic mass is 16.5. The second-order valence-electron chi connectivity index (χ2n) is 4.74. The molecule has 5 heteroatoms. The predicted molar refractivity (Wildman–Crippen MR) is 90.4 cm³/mol. The van der Waals surface area contributed by atoms with Gasteiger partial charge in [-0.05, 0) is 11.6 Å². The highest BCUT2D eigenvalue weighted by Gasteiger charge is 2.04. The number of nitrogens with one attached hydrogen (secondary N) is 2. The number of methoxy groups -OCH3 is 1. The van der Waals surface area contributed by atoms with Crippen LogP contribution in [0, 0.1) is 10.8 Å². The first-order valence-electron chi connectivity index (χ1n) is 6.66. The van der Waals surface area contributed by atoms with Gasteiger partial charge in [0.1, 0.15) is 17.4 Å². The SMILES string of the molecule is COc1cc(C(=N)N)ccc1/C=C/c1ccc(C(=N)N)cc1. The molecule has 22 heavy (non-hydrogen) atoms. The standard InChI is InChI=1S/C17H18N4O/c1-22-15-10-14(17(20)21)9-8-12(15)5-2-11-3-6-13(7-4-11)16(18)19/h2-10H,1H3,(H3,18,19)(H3,20,21)/b5-2+. The van der Waals surface area contributed by atoms with Crippen LogP contribution in [0.25, 0.3) is 12.2 Å². The van der Waals surface area contributed by atoms with Crippen LogP contribution in [-0.4, -0.2) is 18.8 Å². The summed E-state index contributed by atoms with van der Waals surface area (Å²) in [7, 11) is 1.58. The zero-order valence-corrected chi connectivity index (χ0v) is 12.3. The van der Waals surface area contributed by atoms with Gasteiger partial charge in [-0.15, -0.1) is 0 Å². The van der Waals surface area contributed by atoms with Crippen LogP contribution in [0.15, 0.2) is 42.5 Å². The van der Waals surface area contributed by atoms with Gasteiger partial charge in [-0.1, -0.05) is 48.6 Å². The third-order valence-electron chi connectivity index (χ3n) is 3.22. The molecule has 2 aromatic rings. The Kier molecular flexibility index (Phi) is 4.58. The van der Waals surface area contributed by atoms with Gasteiger partial charge in [-0.25, -0.2) is 0 Å². The molecule has 0 saturated heterocycles. The summed E-state index contributed by atoms with van der Waals surface area (Å²) >= 11 is 0. The molecule has 0 atom stereocenters. The van der Waals surface area contributed by atoms with Crippen LogP contribution in [0.1, 0.15) is 22.3 Å². The highest BCUT2D eigenvalue weighted by molar-refractivity contribution is 5.96. The molecule has 0 aliphatic rings. The summed E-state index contributed by atoms with van der Waals surface area (Å²) in [6.45, 7) is 0. The van der Waals surface area contributed by atoms with Gasteiger partial charge in [0.05, 0.1) is 7.11 Å². The molecule has 6 N–H and O–H groups in total. The third-order valence-corrected chi connectivity index (χ3v) is 3.22. The lowest BCUT2D eigenvalue weighted by atomic mass is 10.1. The minimum absolute atomic E-state index is 0.00801. The number of hydrogen-bond donors (Lipinski definition) is 4. The van der Waals surface area contributed by atoms with Crippen LogP contribution in [0.3, 0.4) is 0 Å². The maximum absolute atomic E-state index is 7.45. The van der Waals surface area contributed by atoms with Gasteiger partial charge in [0, 0.05) is 16.7 Å². The van der Waals surface area contributed by atoms with Gasteiger partial charge in [0.15, 0.2) is 0 Å². The first kappa shape index (κ1) is 15.3. The molecule has 0 aromatic heterocycles. The van der Waals surface area contributed by atoms with Gasteiger partial charge in [0.25, 0.3) is 0 Å². The molecule has 2 rings (SSSR count). The summed E-state index contributed by atoms with van der Waals surface area (Å²) in [5.74, 6) is 0.718. The van der Waals surface area contributed by atoms with E-state index in [0.717, 1.165) is 11.1 Å². The average molecular weight is 294 g/mol. The first-order valence-corrected chi connectivity index (χ1v) is 6.66. The van der Waals surface area contributed by atoms with E-state index in [4.69, 9.17) is 27.0 Å². The summed E-state index contributed by atoms with van der Waals surface area (Å²) in [4.78, 5) is 0. The summed E-state index contributed by atoms with van der Waals surface area (Å²) in [5.41, 5.74) is 14.1. The van der Waals surface area contributed by atoms with Crippen molar-refractivity contribution in [1.82, 2.24) is 0 Å². The Hall–Kier alpha value is -3.08. The minimum Gasteiger partial charge on any atom is -0.496 e. The summed E-state index contributed by atoms with van der Waals surface area (Å²) in [6, 6.07) is 12.8. The molecular formula is C17H18N4O. The van der Waals surface area contributed by atoms with E-state index in [2.05, 4.69) is 0 Å². The number of nitrogen functional groups attached to an aromatic ring is 2. The van der Waals surface area contributed by atoms with Crippen molar-refractivity contribution >= 4 is 23.8 Å². The van der Waals surface area contributed by atoms with Crippen molar-refractivity contribution in [3.63, 3.8) is 0 Å². The Balaban J connectivity index is 2.25. The van der Waals surface area contributed by atoms with Crippen LogP contribution in [0.5, 0.6) is 5.75 Å². The molecule has 112 valence electrons. The van der Waals surface area contributed by atoms with Gasteiger partial charge in [-0.2, -0.15) is 0 Å². The van der Waals surface area contributed by atoms with E-state index in [1.807, 2.05) is 30.4 Å². The van der Waals surface area contributed by atoms with Gasteiger partial charge < -0.3 is 16.2 Å². The van der Waals surface area contributed by atoms with Crippen molar-refractivity contribution in [1.29, 1.82) is 10.8 Å². The molecule has 0 aliphatic heterocycles. The number of amidine groups is 2. The summed E-state index contributed by atoms with van der Waals surface area (Å²) in [6.07, 6.45) is 3.86. The lowest BCUT2D eigenvalue weighted by Gasteiger charge is -2.07. The Labute approximate surface area is 129 Å². The average Bonchev–Trinajstić information content (AvgIpc) is 2.52. The maximum Gasteiger partial charge on any atom is 0.126 e. The monoisotopic (exact) mass is 294 g/mol. The van der Waals surface area contributed by atoms with Gasteiger partial charge in [-0.3, -0.25) is 10.8 Å². The second kappa shape index (κ2) is 6.58. The van der Waals surface area contributed by atoms with Crippen molar-refractivity contribution in [2.45, 2.75) is 0 Å². The number of rotatable bonds is 5. The molecule has 5 nitrogen and oxygen atoms in total. The Bertz CT molecular complexity index is 733. The topological polar surface area (TPSA) is 109 Å². The quantitative estimate of drug-likeness (QED) is 0.386. The minimum atomic E-state index is 0.00801. The molecule has 0 radical (unpaired) electrons. The van der Waals surface area contributed by atoms with Crippen LogP contribution in [0.4, 0.5) is 0 Å². The normalized spacial score (nSPS) is 10.6. The zero-order valence-electron chi connectivity index (χ0n) is 12.3. The van der Waals surface area contributed by atoms with Crippen LogP contribution < -0.4 is 16.2 Å². The van der Waals surface area contributed by atoms with Crippen molar-refractivity contribution in [3.05, 3.63) is 64.7 Å². The molecule has 2 aromatic carbocycles. The number of benzene rings is 2. The van der Waals surface area contributed by atoms with E-state index in [-0.39, 0.29) is 11.7 Å².